The molecule has 1 aliphatic rings. The number of nitrogens with one attached hydrogen (secondary N) is 1. The molecular formula is C15H18N4O2S. The van der Waals surface area contributed by atoms with Crippen molar-refractivity contribution >= 4 is 23.4 Å². The minimum Gasteiger partial charge on any atom is -0.495 e. The van der Waals surface area contributed by atoms with Crippen LogP contribution in [0, 0.1) is 0 Å². The molecule has 22 heavy (non-hydrogen) atoms. The first-order valence-electron chi connectivity index (χ1n) is 7.19. The van der Waals surface area contributed by atoms with Crippen LogP contribution in [0.1, 0.15) is 25.8 Å². The molecule has 1 aromatic carbocycles. The third-order valence-electron chi connectivity index (χ3n) is 3.50. The summed E-state index contributed by atoms with van der Waals surface area (Å²) in [4.78, 5) is 12.4. The zero-order valence-corrected chi connectivity index (χ0v) is 13.3. The fourth-order valence-corrected chi connectivity index (χ4v) is 3.01. The van der Waals surface area contributed by atoms with Crippen LogP contribution in [0.2, 0.25) is 0 Å². The number of hydrogen-bond donors (Lipinski definition) is 1. The molecule has 0 bridgehead atoms. The van der Waals surface area contributed by atoms with Crippen molar-refractivity contribution in [1.29, 1.82) is 0 Å². The Hall–Kier alpha value is -2.02. The van der Waals surface area contributed by atoms with Crippen molar-refractivity contribution < 1.29 is 9.53 Å². The molecule has 1 N–H and O–H groups in total. The highest BCUT2D eigenvalue weighted by Crippen LogP contribution is 2.38. The first kappa shape index (κ1) is 14.9. The number of methoxy groups -OCH3 is 1. The Bertz CT molecular complexity index is 669. The number of rotatable bonds is 6. The number of carbonyl (C=O) groups excluding carboxylic acids is 1. The van der Waals surface area contributed by atoms with Gasteiger partial charge in [0.05, 0.1) is 18.0 Å². The van der Waals surface area contributed by atoms with Crippen molar-refractivity contribution in [3.8, 4) is 5.75 Å². The summed E-state index contributed by atoms with van der Waals surface area (Å²) in [6.45, 7) is 1.86. The van der Waals surface area contributed by atoms with Crippen LogP contribution in [0.5, 0.6) is 5.75 Å². The van der Waals surface area contributed by atoms with E-state index in [9.17, 15) is 4.79 Å². The van der Waals surface area contributed by atoms with E-state index in [1.165, 1.54) is 11.8 Å². The average Bonchev–Trinajstić information content (AvgIpc) is 3.27. The summed E-state index contributed by atoms with van der Waals surface area (Å²) >= 11 is 1.42. The van der Waals surface area contributed by atoms with Gasteiger partial charge in [-0.05, 0) is 31.9 Å². The van der Waals surface area contributed by atoms with Gasteiger partial charge in [-0.3, -0.25) is 4.79 Å². The summed E-state index contributed by atoms with van der Waals surface area (Å²) < 4.78 is 7.30. The van der Waals surface area contributed by atoms with Gasteiger partial charge >= 0.3 is 0 Å². The van der Waals surface area contributed by atoms with Crippen molar-refractivity contribution in [2.45, 2.75) is 36.2 Å². The van der Waals surface area contributed by atoms with Crippen molar-refractivity contribution in [3.05, 3.63) is 30.6 Å². The van der Waals surface area contributed by atoms with Gasteiger partial charge in [0, 0.05) is 6.04 Å². The minimum atomic E-state index is -0.272. The fourth-order valence-electron chi connectivity index (χ4n) is 2.11. The average molecular weight is 318 g/mol. The van der Waals surface area contributed by atoms with E-state index < -0.39 is 0 Å². The third kappa shape index (κ3) is 3.24. The number of hydrogen-bond acceptors (Lipinski definition) is 5. The molecule has 1 heterocycles. The molecule has 1 saturated carbocycles. The smallest absolute Gasteiger partial charge is 0.237 e. The molecule has 0 saturated heterocycles. The highest BCUT2D eigenvalue weighted by molar-refractivity contribution is 8.00. The van der Waals surface area contributed by atoms with Gasteiger partial charge in [0.25, 0.3) is 0 Å². The minimum absolute atomic E-state index is 0.0835. The van der Waals surface area contributed by atoms with Crippen LogP contribution in [-0.4, -0.2) is 33.0 Å². The molecule has 0 spiro atoms. The van der Waals surface area contributed by atoms with E-state index in [1.807, 2.05) is 31.2 Å². The predicted octanol–water partition coefficient (Wildman–Crippen LogP) is 2.74. The molecule has 1 aromatic heterocycles. The second-order valence-electron chi connectivity index (χ2n) is 5.20. The van der Waals surface area contributed by atoms with Gasteiger partial charge in [-0.2, -0.15) is 0 Å². The Labute approximate surface area is 133 Å². The lowest BCUT2D eigenvalue weighted by Crippen LogP contribution is -2.23. The van der Waals surface area contributed by atoms with Crippen molar-refractivity contribution in [3.63, 3.8) is 0 Å². The maximum atomic E-state index is 12.4. The molecule has 1 fully saturated rings. The number of anilines is 1. The molecule has 116 valence electrons. The number of para-hydroxylation sites is 2. The number of aromatic nitrogens is 3. The number of nitrogens with zero attached hydrogens (tertiary/aromatic N) is 3. The van der Waals surface area contributed by atoms with Crippen LogP contribution >= 0.6 is 11.8 Å². The number of thioether (sulfide) groups is 1. The molecule has 3 rings (SSSR count). The molecule has 0 unspecified atom stereocenters. The van der Waals surface area contributed by atoms with Crippen LogP contribution < -0.4 is 10.1 Å². The van der Waals surface area contributed by atoms with Crippen LogP contribution in [0.25, 0.3) is 0 Å². The zero-order chi connectivity index (χ0) is 15.5. The Morgan fingerprint density at radius 3 is 2.95 bits per heavy atom. The van der Waals surface area contributed by atoms with E-state index in [-0.39, 0.29) is 11.2 Å². The maximum absolute atomic E-state index is 12.4. The normalized spacial score (nSPS) is 15.4. The molecule has 0 aliphatic heterocycles. The summed E-state index contributed by atoms with van der Waals surface area (Å²) in [6, 6.07) is 7.87. The Kier molecular flexibility index (Phi) is 4.33. The molecule has 2 aromatic rings. The number of carbonyl (C=O) groups is 1. The van der Waals surface area contributed by atoms with Crippen molar-refractivity contribution in [2.24, 2.45) is 0 Å². The molecule has 0 radical (unpaired) electrons. The quantitative estimate of drug-likeness (QED) is 0.829. The van der Waals surface area contributed by atoms with Gasteiger partial charge in [0.2, 0.25) is 5.91 Å². The first-order chi connectivity index (χ1) is 10.7. The summed E-state index contributed by atoms with van der Waals surface area (Å²) in [7, 11) is 1.58. The largest absolute Gasteiger partial charge is 0.495 e. The topological polar surface area (TPSA) is 69.0 Å². The lowest BCUT2D eigenvalue weighted by atomic mass is 10.3. The highest BCUT2D eigenvalue weighted by atomic mass is 32.2. The van der Waals surface area contributed by atoms with Crippen LogP contribution in [0.4, 0.5) is 5.69 Å². The molecule has 6 nitrogen and oxygen atoms in total. The Balaban J connectivity index is 1.65. The molecule has 1 atom stereocenters. The lowest BCUT2D eigenvalue weighted by molar-refractivity contribution is -0.115. The van der Waals surface area contributed by atoms with Gasteiger partial charge in [-0.1, -0.05) is 23.9 Å². The van der Waals surface area contributed by atoms with Crippen molar-refractivity contribution in [2.75, 3.05) is 12.4 Å². The van der Waals surface area contributed by atoms with E-state index in [2.05, 4.69) is 20.1 Å². The summed E-state index contributed by atoms with van der Waals surface area (Å²) in [5.41, 5.74) is 0.672. The standard InChI is InChI=1S/C15H18N4O2S/c1-10(22-15-18-16-9-19(15)11-7-8-11)14(20)17-12-5-3-4-6-13(12)21-2/h3-6,9-11H,7-8H2,1-2H3,(H,17,20)/t10-/m0/s1. The SMILES string of the molecule is COc1ccccc1NC(=O)[C@H](C)Sc1nncn1C1CC1. The van der Waals surface area contributed by atoms with E-state index in [0.29, 0.717) is 17.5 Å². The monoisotopic (exact) mass is 318 g/mol. The van der Waals surface area contributed by atoms with Gasteiger partial charge in [0.15, 0.2) is 5.16 Å². The number of amides is 1. The van der Waals surface area contributed by atoms with E-state index >= 15 is 0 Å². The van der Waals surface area contributed by atoms with Gasteiger partial charge in [-0.25, -0.2) is 0 Å². The molecule has 7 heteroatoms. The van der Waals surface area contributed by atoms with Crippen LogP contribution in [-0.2, 0) is 4.79 Å². The van der Waals surface area contributed by atoms with E-state index in [4.69, 9.17) is 4.74 Å². The van der Waals surface area contributed by atoms with E-state index in [0.717, 1.165) is 18.0 Å². The molecule has 1 amide bonds. The first-order valence-corrected chi connectivity index (χ1v) is 8.07. The fraction of sp³-hybridized carbons (Fsp3) is 0.400. The lowest BCUT2D eigenvalue weighted by Gasteiger charge is -2.14. The second kappa shape index (κ2) is 6.39. The van der Waals surface area contributed by atoms with Crippen molar-refractivity contribution in [1.82, 2.24) is 14.8 Å². The van der Waals surface area contributed by atoms with Crippen LogP contribution in [0.15, 0.2) is 35.7 Å². The summed E-state index contributed by atoms with van der Waals surface area (Å²) in [5.74, 6) is 0.564. The van der Waals surface area contributed by atoms with Gasteiger partial charge in [-0.15, -0.1) is 10.2 Å². The zero-order valence-electron chi connectivity index (χ0n) is 12.5. The van der Waals surface area contributed by atoms with Gasteiger partial charge < -0.3 is 14.6 Å². The number of benzene rings is 1. The molecule has 1 aliphatic carbocycles. The predicted molar refractivity (Wildman–Crippen MR) is 85.2 cm³/mol. The van der Waals surface area contributed by atoms with Gasteiger partial charge in [0.1, 0.15) is 12.1 Å². The van der Waals surface area contributed by atoms with Crippen LogP contribution in [0.3, 0.4) is 0 Å². The Morgan fingerprint density at radius 1 is 1.45 bits per heavy atom. The molecular weight excluding hydrogens is 300 g/mol. The Morgan fingerprint density at radius 2 is 2.23 bits per heavy atom. The third-order valence-corrected chi connectivity index (χ3v) is 4.57. The summed E-state index contributed by atoms with van der Waals surface area (Å²) in [5, 5.41) is 11.5. The number of ether oxygens (including phenoxy) is 1. The second-order valence-corrected chi connectivity index (χ2v) is 6.51. The summed E-state index contributed by atoms with van der Waals surface area (Å²) in [6.07, 6.45) is 4.06. The highest BCUT2D eigenvalue weighted by Gasteiger charge is 2.28. The van der Waals surface area contributed by atoms with E-state index in [1.54, 1.807) is 13.4 Å². The maximum Gasteiger partial charge on any atom is 0.237 e.